The number of aromatic amines is 1. The molecule has 1 aromatic carbocycles. The van der Waals surface area contributed by atoms with Gasteiger partial charge in [0.25, 0.3) is 11.8 Å². The summed E-state index contributed by atoms with van der Waals surface area (Å²) in [5.41, 5.74) is 9.49. The van der Waals surface area contributed by atoms with Crippen LogP contribution in [0.1, 0.15) is 45.3 Å². The Balaban J connectivity index is 1.68. The molecule has 128 valence electrons. The molecule has 1 aliphatic rings. The van der Waals surface area contributed by atoms with Gasteiger partial charge in [0, 0.05) is 18.8 Å². The summed E-state index contributed by atoms with van der Waals surface area (Å²) in [6.07, 6.45) is 0. The van der Waals surface area contributed by atoms with Crippen molar-refractivity contribution in [3.8, 4) is 0 Å². The van der Waals surface area contributed by atoms with Crippen molar-refractivity contribution in [3.05, 3.63) is 53.1 Å². The third-order valence-electron chi connectivity index (χ3n) is 4.90. The highest BCUT2D eigenvalue weighted by Gasteiger charge is 2.31. The number of benzene rings is 1. The minimum atomic E-state index is -0.453. The van der Waals surface area contributed by atoms with E-state index >= 15 is 0 Å². The highest BCUT2D eigenvalue weighted by Crippen LogP contribution is 2.28. The monoisotopic (exact) mass is 337 g/mol. The minimum absolute atomic E-state index is 0.142. The van der Waals surface area contributed by atoms with Crippen molar-refractivity contribution < 1.29 is 9.59 Å². The summed E-state index contributed by atoms with van der Waals surface area (Å²) in [4.78, 5) is 33.9. The molecule has 0 saturated heterocycles. The van der Waals surface area contributed by atoms with Gasteiger partial charge in [0.05, 0.1) is 17.1 Å². The van der Waals surface area contributed by atoms with E-state index in [4.69, 9.17) is 5.73 Å². The largest absolute Gasteiger partial charge is 0.364 e. The van der Waals surface area contributed by atoms with Crippen molar-refractivity contribution in [3.63, 3.8) is 0 Å². The summed E-state index contributed by atoms with van der Waals surface area (Å²) >= 11 is 0. The Kier molecular flexibility index (Phi) is 3.38. The summed E-state index contributed by atoms with van der Waals surface area (Å²) in [6, 6.07) is 9.23. The summed E-state index contributed by atoms with van der Waals surface area (Å²) in [5.74, 6) is -0.256. The molecule has 0 aliphatic carbocycles. The number of para-hydroxylation sites is 1. The van der Waals surface area contributed by atoms with E-state index in [-0.39, 0.29) is 11.9 Å². The highest BCUT2D eigenvalue weighted by molar-refractivity contribution is 5.95. The molecule has 3 heterocycles. The van der Waals surface area contributed by atoms with E-state index in [0.29, 0.717) is 24.6 Å². The molecule has 7 heteroatoms. The number of carbonyl (C=O) groups is 2. The minimum Gasteiger partial charge on any atom is -0.364 e. The molecular weight excluding hydrogens is 318 g/mol. The Labute approximate surface area is 144 Å². The fraction of sp³-hybridized carbons (Fsp3) is 0.278. The van der Waals surface area contributed by atoms with Crippen LogP contribution in [0.25, 0.3) is 11.0 Å². The first kappa shape index (κ1) is 15.4. The maximum atomic E-state index is 13.0. The van der Waals surface area contributed by atoms with E-state index in [0.717, 1.165) is 22.3 Å². The number of nitrogens with two attached hydrogens (primary N) is 1. The van der Waals surface area contributed by atoms with Gasteiger partial charge in [0.2, 0.25) is 0 Å². The van der Waals surface area contributed by atoms with Gasteiger partial charge in [-0.1, -0.05) is 12.1 Å². The average Bonchev–Trinajstić information content (AvgIpc) is 3.19. The first-order valence-corrected chi connectivity index (χ1v) is 8.23. The second kappa shape index (κ2) is 5.47. The van der Waals surface area contributed by atoms with Gasteiger partial charge in [0.1, 0.15) is 5.69 Å². The van der Waals surface area contributed by atoms with E-state index in [1.807, 2.05) is 42.7 Å². The van der Waals surface area contributed by atoms with Crippen LogP contribution >= 0.6 is 0 Å². The van der Waals surface area contributed by atoms with Gasteiger partial charge >= 0.3 is 0 Å². The van der Waals surface area contributed by atoms with Crippen molar-refractivity contribution in [2.75, 3.05) is 6.54 Å². The first-order valence-electron chi connectivity index (χ1n) is 8.23. The van der Waals surface area contributed by atoms with E-state index in [1.165, 1.54) is 0 Å². The highest BCUT2D eigenvalue weighted by atomic mass is 16.2. The maximum Gasteiger partial charge on any atom is 0.290 e. The number of fused-ring (bicyclic) bond motifs is 2. The van der Waals surface area contributed by atoms with Crippen LogP contribution in [0.5, 0.6) is 0 Å². The molecule has 0 radical (unpaired) electrons. The van der Waals surface area contributed by atoms with Gasteiger partial charge in [-0.15, -0.1) is 0 Å². The molecule has 0 spiro atoms. The number of hydrogen-bond donors (Lipinski definition) is 2. The number of nitrogens with one attached hydrogen (secondary N) is 1. The molecular formula is C18H19N5O2. The van der Waals surface area contributed by atoms with Gasteiger partial charge in [-0.05, 0) is 37.6 Å². The summed E-state index contributed by atoms with van der Waals surface area (Å²) < 4.78 is 1.89. The number of rotatable bonds is 2. The Hall–Kier alpha value is -3.09. The number of aromatic nitrogens is 3. The molecule has 4 rings (SSSR count). The summed E-state index contributed by atoms with van der Waals surface area (Å²) in [5, 5.41) is 0. The zero-order valence-electron chi connectivity index (χ0n) is 14.1. The van der Waals surface area contributed by atoms with Gasteiger partial charge < -0.3 is 20.2 Å². The molecule has 1 aliphatic heterocycles. The Bertz CT molecular complexity index is 1000. The molecule has 1 unspecified atom stereocenters. The molecule has 3 N–H and O–H groups in total. The number of hydrogen-bond acceptors (Lipinski definition) is 3. The second-order valence-electron chi connectivity index (χ2n) is 6.39. The van der Waals surface area contributed by atoms with Crippen molar-refractivity contribution in [2.45, 2.75) is 26.4 Å². The van der Waals surface area contributed by atoms with Crippen molar-refractivity contribution in [1.82, 2.24) is 19.4 Å². The van der Waals surface area contributed by atoms with Crippen LogP contribution in [-0.4, -0.2) is 37.8 Å². The third-order valence-corrected chi connectivity index (χ3v) is 4.90. The number of H-pyrrole nitrogens is 1. The average molecular weight is 337 g/mol. The quantitative estimate of drug-likeness (QED) is 0.748. The van der Waals surface area contributed by atoms with Crippen LogP contribution in [0.2, 0.25) is 0 Å². The zero-order valence-corrected chi connectivity index (χ0v) is 14.1. The molecule has 0 fully saturated rings. The lowest BCUT2D eigenvalue weighted by Gasteiger charge is -2.34. The number of nitrogens with zero attached hydrogens (tertiary/aromatic N) is 3. The molecule has 3 aromatic rings. The topological polar surface area (TPSA) is 97.0 Å². The molecule has 0 bridgehead atoms. The Morgan fingerprint density at radius 3 is 2.76 bits per heavy atom. The number of aryl methyl sites for hydroxylation is 1. The maximum absolute atomic E-state index is 13.0. The fourth-order valence-corrected chi connectivity index (χ4v) is 3.56. The summed E-state index contributed by atoms with van der Waals surface area (Å²) in [6.45, 7) is 4.95. The number of carbonyl (C=O) groups excluding carboxylic acids is 2. The predicted octanol–water partition coefficient (Wildman–Crippen LogP) is 1.99. The lowest BCUT2D eigenvalue weighted by Crippen LogP contribution is -2.42. The van der Waals surface area contributed by atoms with Crippen molar-refractivity contribution in [1.29, 1.82) is 0 Å². The SMILES string of the molecule is Cc1cccc2[nH]c(C(=O)N3CCn4c(C(N)=O)ccc4C3C)nc12. The summed E-state index contributed by atoms with van der Waals surface area (Å²) in [7, 11) is 0. The lowest BCUT2D eigenvalue weighted by molar-refractivity contribution is 0.0631. The Morgan fingerprint density at radius 1 is 1.24 bits per heavy atom. The molecule has 2 amide bonds. The van der Waals surface area contributed by atoms with Crippen LogP contribution in [-0.2, 0) is 6.54 Å². The predicted molar refractivity (Wildman–Crippen MR) is 93.2 cm³/mol. The van der Waals surface area contributed by atoms with Crippen LogP contribution in [0.3, 0.4) is 0 Å². The molecule has 2 aromatic heterocycles. The zero-order chi connectivity index (χ0) is 17.7. The number of amides is 2. The number of imidazole rings is 1. The molecule has 1 atom stereocenters. The Morgan fingerprint density at radius 2 is 2.04 bits per heavy atom. The fourth-order valence-electron chi connectivity index (χ4n) is 3.56. The smallest absolute Gasteiger partial charge is 0.290 e. The second-order valence-corrected chi connectivity index (χ2v) is 6.39. The molecule has 7 nitrogen and oxygen atoms in total. The van der Waals surface area contributed by atoms with Gasteiger partial charge in [-0.2, -0.15) is 0 Å². The van der Waals surface area contributed by atoms with Crippen molar-refractivity contribution >= 4 is 22.8 Å². The standard InChI is InChI=1S/C18H19N5O2/c1-10-4-3-5-12-15(10)21-17(20-12)18(25)22-8-9-23-13(11(22)2)6-7-14(23)16(19)24/h3-7,11H,8-9H2,1-2H3,(H2,19,24)(H,20,21). The lowest BCUT2D eigenvalue weighted by atomic mass is 10.1. The first-order chi connectivity index (χ1) is 12.0. The van der Waals surface area contributed by atoms with Gasteiger partial charge in [0.15, 0.2) is 5.82 Å². The van der Waals surface area contributed by atoms with E-state index in [1.54, 1.807) is 11.0 Å². The normalized spacial score (nSPS) is 16.9. The van der Waals surface area contributed by atoms with Crippen LogP contribution in [0.4, 0.5) is 0 Å². The van der Waals surface area contributed by atoms with Gasteiger partial charge in [-0.25, -0.2) is 4.98 Å². The van der Waals surface area contributed by atoms with Crippen LogP contribution < -0.4 is 5.73 Å². The molecule has 0 saturated carbocycles. The number of primary amides is 1. The van der Waals surface area contributed by atoms with E-state index in [9.17, 15) is 9.59 Å². The van der Waals surface area contributed by atoms with E-state index < -0.39 is 5.91 Å². The van der Waals surface area contributed by atoms with Crippen LogP contribution in [0.15, 0.2) is 30.3 Å². The van der Waals surface area contributed by atoms with Crippen molar-refractivity contribution in [2.24, 2.45) is 5.73 Å². The van der Waals surface area contributed by atoms with E-state index in [2.05, 4.69) is 9.97 Å². The molecule has 25 heavy (non-hydrogen) atoms. The van der Waals surface area contributed by atoms with Gasteiger partial charge in [-0.3, -0.25) is 9.59 Å². The third kappa shape index (κ3) is 2.31. The van der Waals surface area contributed by atoms with Crippen LogP contribution in [0, 0.1) is 6.92 Å².